The monoisotopic (exact) mass is 511 g/mol. The fourth-order valence-electron chi connectivity index (χ4n) is 3.86. The van der Waals surface area contributed by atoms with E-state index < -0.39 is 17.6 Å². The van der Waals surface area contributed by atoms with Gasteiger partial charge in [0, 0.05) is 35.3 Å². The highest BCUT2D eigenvalue weighted by molar-refractivity contribution is 6.04. The molecule has 0 saturated carbocycles. The second-order valence-corrected chi connectivity index (χ2v) is 8.60. The third-order valence-electron chi connectivity index (χ3n) is 5.87. The number of nitrogens with zero attached hydrogens (tertiary/aromatic N) is 4. The molecule has 0 aliphatic heterocycles. The molecule has 0 aliphatic rings. The lowest BCUT2D eigenvalue weighted by Gasteiger charge is -2.09. The highest BCUT2D eigenvalue weighted by atomic mass is 19.4. The van der Waals surface area contributed by atoms with Crippen molar-refractivity contribution in [1.82, 2.24) is 19.5 Å². The zero-order valence-electron chi connectivity index (χ0n) is 20.1. The predicted octanol–water partition coefficient (Wildman–Crippen LogP) is 5.85. The molecule has 5 rings (SSSR count). The molecule has 0 saturated heterocycles. The first-order chi connectivity index (χ1) is 18.3. The van der Waals surface area contributed by atoms with Crippen LogP contribution in [-0.4, -0.2) is 25.4 Å². The lowest BCUT2D eigenvalue weighted by Crippen LogP contribution is -2.14. The summed E-state index contributed by atoms with van der Waals surface area (Å²) >= 11 is 0. The summed E-state index contributed by atoms with van der Waals surface area (Å²) in [5.41, 5.74) is 4.44. The van der Waals surface area contributed by atoms with E-state index in [4.69, 9.17) is 0 Å². The minimum Gasteiger partial charge on any atom is -0.326 e. The molecule has 0 fully saturated rings. The Balaban J connectivity index is 1.35. The van der Waals surface area contributed by atoms with Gasteiger partial charge < -0.3 is 9.88 Å². The highest BCUT2D eigenvalue weighted by Gasteiger charge is 2.30. The maximum absolute atomic E-state index is 13.0. The van der Waals surface area contributed by atoms with Gasteiger partial charge in [-0.3, -0.25) is 9.78 Å². The summed E-state index contributed by atoms with van der Waals surface area (Å²) in [6.07, 6.45) is 1.80. The number of nitrogens with one attached hydrogen (secondary N) is 1. The summed E-state index contributed by atoms with van der Waals surface area (Å²) in [6.45, 7) is 2.52. The van der Waals surface area contributed by atoms with Crippen LogP contribution in [-0.2, 0) is 12.7 Å². The number of benzene rings is 2. The topological polar surface area (TPSA) is 72.7 Å². The van der Waals surface area contributed by atoms with Crippen molar-refractivity contribution < 1.29 is 18.0 Å². The van der Waals surface area contributed by atoms with Gasteiger partial charge in [-0.05, 0) is 66.6 Å². The Labute approximate surface area is 216 Å². The highest BCUT2D eigenvalue weighted by Crippen LogP contribution is 2.30. The first kappa shape index (κ1) is 24.7. The summed E-state index contributed by atoms with van der Waals surface area (Å²) < 4.78 is 40.9. The van der Waals surface area contributed by atoms with E-state index >= 15 is 0 Å². The number of halogens is 3. The summed E-state index contributed by atoms with van der Waals surface area (Å²) in [5.74, 6) is 5.44. The number of carbonyl (C=O) groups is 1. The van der Waals surface area contributed by atoms with E-state index in [1.165, 1.54) is 0 Å². The molecule has 0 atom stereocenters. The number of carbonyl (C=O) groups excluding carboxylic acids is 1. The number of pyridine rings is 2. The van der Waals surface area contributed by atoms with E-state index in [0.29, 0.717) is 12.1 Å². The first-order valence-corrected chi connectivity index (χ1v) is 11.6. The molecular weight excluding hydrogens is 491 g/mol. The number of fused-ring (bicyclic) bond motifs is 1. The van der Waals surface area contributed by atoms with Crippen LogP contribution in [0.5, 0.6) is 0 Å². The van der Waals surface area contributed by atoms with E-state index in [1.807, 2.05) is 48.0 Å². The van der Waals surface area contributed by atoms with Crippen LogP contribution in [0.2, 0.25) is 0 Å². The molecule has 0 unspecified atom stereocenters. The van der Waals surface area contributed by atoms with E-state index in [-0.39, 0.29) is 11.4 Å². The second-order valence-electron chi connectivity index (χ2n) is 8.60. The lowest BCUT2D eigenvalue weighted by atomic mass is 10.0. The van der Waals surface area contributed by atoms with Crippen molar-refractivity contribution in [2.75, 3.05) is 5.32 Å². The lowest BCUT2D eigenvalue weighted by molar-refractivity contribution is -0.137. The van der Waals surface area contributed by atoms with Gasteiger partial charge in [0.15, 0.2) is 0 Å². The Bertz CT molecular complexity index is 1700. The standard InChI is InChI=1S/C29H20F3N5O/c1-19-4-7-23(28(38)36-27-15-24(10-12-34-27)29(30,31)32)14-22(19)8-5-20-6-9-26-25(13-20)35-18-37(26)17-21-3-2-11-33-16-21/h2-4,6-7,9-16,18H,17H2,1H3,(H,34,36,38). The van der Waals surface area contributed by atoms with Gasteiger partial charge in [-0.15, -0.1) is 0 Å². The van der Waals surface area contributed by atoms with Crippen LogP contribution < -0.4 is 5.32 Å². The average Bonchev–Trinajstić information content (AvgIpc) is 3.30. The number of hydrogen-bond donors (Lipinski definition) is 1. The van der Waals surface area contributed by atoms with Gasteiger partial charge >= 0.3 is 6.18 Å². The van der Waals surface area contributed by atoms with Gasteiger partial charge in [0.25, 0.3) is 5.91 Å². The fourth-order valence-corrected chi connectivity index (χ4v) is 3.86. The molecular formula is C29H20F3N5O. The Morgan fingerprint density at radius 3 is 2.66 bits per heavy atom. The molecule has 0 bridgehead atoms. The SMILES string of the molecule is Cc1ccc(C(=O)Nc2cc(C(F)(F)F)ccn2)cc1C#Cc1ccc2c(c1)ncn2Cc1cccnc1. The molecule has 1 amide bonds. The van der Waals surface area contributed by atoms with Crippen LogP contribution in [0.15, 0.2) is 85.6 Å². The van der Waals surface area contributed by atoms with Gasteiger partial charge in [0.2, 0.25) is 0 Å². The van der Waals surface area contributed by atoms with Crippen molar-refractivity contribution in [3.63, 3.8) is 0 Å². The summed E-state index contributed by atoms with van der Waals surface area (Å²) in [4.78, 5) is 25.2. The van der Waals surface area contributed by atoms with Crippen molar-refractivity contribution in [3.8, 4) is 11.8 Å². The molecule has 9 heteroatoms. The zero-order chi connectivity index (χ0) is 26.7. The Kier molecular flexibility index (Phi) is 6.62. The Morgan fingerprint density at radius 2 is 1.87 bits per heavy atom. The van der Waals surface area contributed by atoms with E-state index in [9.17, 15) is 18.0 Å². The number of aromatic nitrogens is 4. The predicted molar refractivity (Wildman–Crippen MR) is 137 cm³/mol. The number of aryl methyl sites for hydroxylation is 1. The number of imidazole rings is 1. The third kappa shape index (κ3) is 5.55. The molecule has 1 N–H and O–H groups in total. The van der Waals surface area contributed by atoms with Crippen LogP contribution in [0.4, 0.5) is 19.0 Å². The number of amides is 1. The van der Waals surface area contributed by atoms with Crippen molar-refractivity contribution in [3.05, 3.63) is 119 Å². The average molecular weight is 512 g/mol. The van der Waals surface area contributed by atoms with Gasteiger partial charge in [0.05, 0.1) is 29.5 Å². The van der Waals surface area contributed by atoms with Crippen LogP contribution in [0, 0.1) is 18.8 Å². The molecule has 0 aliphatic carbocycles. The summed E-state index contributed by atoms with van der Waals surface area (Å²) in [5, 5.41) is 2.42. The minimum absolute atomic E-state index is 0.186. The molecule has 3 heterocycles. The normalized spacial score (nSPS) is 11.2. The summed E-state index contributed by atoms with van der Waals surface area (Å²) in [6, 6.07) is 16.2. The van der Waals surface area contributed by atoms with Gasteiger partial charge in [-0.2, -0.15) is 13.2 Å². The fraction of sp³-hybridized carbons (Fsp3) is 0.103. The minimum atomic E-state index is -4.53. The Morgan fingerprint density at radius 1 is 1.00 bits per heavy atom. The zero-order valence-corrected chi connectivity index (χ0v) is 20.1. The van der Waals surface area contributed by atoms with Crippen molar-refractivity contribution in [1.29, 1.82) is 0 Å². The van der Waals surface area contributed by atoms with Crippen molar-refractivity contribution >= 4 is 22.8 Å². The van der Waals surface area contributed by atoms with Gasteiger partial charge in [-0.1, -0.05) is 24.0 Å². The molecule has 0 radical (unpaired) electrons. The van der Waals surface area contributed by atoms with Gasteiger partial charge in [0.1, 0.15) is 5.82 Å². The van der Waals surface area contributed by atoms with E-state index in [0.717, 1.165) is 46.1 Å². The number of alkyl halides is 3. The molecule has 5 aromatic rings. The largest absolute Gasteiger partial charge is 0.416 e. The second kappa shape index (κ2) is 10.2. The maximum atomic E-state index is 13.0. The van der Waals surface area contributed by atoms with Crippen LogP contribution >= 0.6 is 0 Å². The molecule has 188 valence electrons. The quantitative estimate of drug-likeness (QED) is 0.307. The molecule has 3 aromatic heterocycles. The molecule has 38 heavy (non-hydrogen) atoms. The van der Waals surface area contributed by atoms with E-state index in [1.54, 1.807) is 30.7 Å². The Hall–Kier alpha value is -4.97. The first-order valence-electron chi connectivity index (χ1n) is 11.6. The molecule has 6 nitrogen and oxygen atoms in total. The van der Waals surface area contributed by atoms with E-state index in [2.05, 4.69) is 32.1 Å². The molecule has 2 aromatic carbocycles. The van der Waals surface area contributed by atoms with Crippen LogP contribution in [0.3, 0.4) is 0 Å². The van der Waals surface area contributed by atoms with Gasteiger partial charge in [-0.25, -0.2) is 9.97 Å². The maximum Gasteiger partial charge on any atom is 0.416 e. The number of hydrogen-bond acceptors (Lipinski definition) is 4. The van der Waals surface area contributed by atoms with Crippen LogP contribution in [0.1, 0.15) is 38.2 Å². The third-order valence-corrected chi connectivity index (χ3v) is 5.87. The number of anilines is 1. The summed E-state index contributed by atoms with van der Waals surface area (Å²) in [7, 11) is 0. The number of rotatable bonds is 4. The van der Waals surface area contributed by atoms with Crippen molar-refractivity contribution in [2.45, 2.75) is 19.6 Å². The molecule has 0 spiro atoms. The van der Waals surface area contributed by atoms with Crippen LogP contribution in [0.25, 0.3) is 11.0 Å². The smallest absolute Gasteiger partial charge is 0.326 e. The van der Waals surface area contributed by atoms with Crippen molar-refractivity contribution in [2.24, 2.45) is 0 Å².